The number of amides is 2. The molecule has 6 heteroatoms. The Balaban J connectivity index is 1.39. The van der Waals surface area contributed by atoms with Crippen LogP contribution in [0, 0.1) is 23.7 Å². The lowest BCUT2D eigenvalue weighted by molar-refractivity contribution is -0.140. The van der Waals surface area contributed by atoms with Crippen LogP contribution in [-0.4, -0.2) is 45.7 Å². The summed E-state index contributed by atoms with van der Waals surface area (Å²) in [6.07, 6.45) is 4.02. The third-order valence-corrected chi connectivity index (χ3v) is 6.47. The van der Waals surface area contributed by atoms with Crippen LogP contribution >= 0.6 is 11.8 Å². The number of fused-ring (bicyclic) bond motifs is 5. The van der Waals surface area contributed by atoms with Crippen LogP contribution in [-0.2, 0) is 4.79 Å². The largest absolute Gasteiger partial charge is 0.480 e. The van der Waals surface area contributed by atoms with Gasteiger partial charge in [-0.3, -0.25) is 0 Å². The predicted molar refractivity (Wildman–Crippen MR) is 70.7 cm³/mol. The predicted octanol–water partition coefficient (Wildman–Crippen LogP) is 1.20. The molecule has 2 bridgehead atoms. The molecule has 1 saturated heterocycles. The second kappa shape index (κ2) is 4.04. The van der Waals surface area contributed by atoms with Crippen LogP contribution in [0.1, 0.15) is 19.3 Å². The van der Waals surface area contributed by atoms with Gasteiger partial charge in [0, 0.05) is 11.8 Å². The summed E-state index contributed by atoms with van der Waals surface area (Å²) in [5.41, 5.74) is 0. The van der Waals surface area contributed by atoms with Gasteiger partial charge in [0.2, 0.25) is 0 Å². The van der Waals surface area contributed by atoms with Crippen LogP contribution < -0.4 is 5.32 Å². The van der Waals surface area contributed by atoms with E-state index in [1.165, 1.54) is 35.9 Å². The summed E-state index contributed by atoms with van der Waals surface area (Å²) < 4.78 is 0. The van der Waals surface area contributed by atoms with Crippen molar-refractivity contribution in [1.82, 2.24) is 10.2 Å². The maximum Gasteiger partial charge on any atom is 0.327 e. The summed E-state index contributed by atoms with van der Waals surface area (Å²) in [5, 5.41) is 12.2. The van der Waals surface area contributed by atoms with E-state index < -0.39 is 12.0 Å². The average Bonchev–Trinajstić information content (AvgIpc) is 2.86. The van der Waals surface area contributed by atoms with Crippen molar-refractivity contribution in [2.75, 3.05) is 11.6 Å². The summed E-state index contributed by atoms with van der Waals surface area (Å²) in [7, 11) is 0. The highest BCUT2D eigenvalue weighted by Crippen LogP contribution is 2.65. The minimum absolute atomic E-state index is 0.170. The number of aliphatic carboxylic acids is 1. The number of rotatable bonds is 2. The molecule has 2 amide bonds. The van der Waals surface area contributed by atoms with E-state index in [4.69, 9.17) is 5.11 Å². The molecule has 1 heterocycles. The van der Waals surface area contributed by atoms with E-state index in [1.807, 2.05) is 0 Å². The fourth-order valence-electron chi connectivity index (χ4n) is 4.59. The van der Waals surface area contributed by atoms with Gasteiger partial charge in [-0.25, -0.2) is 9.59 Å². The molecule has 5 atom stereocenters. The molecule has 3 saturated carbocycles. The van der Waals surface area contributed by atoms with Crippen molar-refractivity contribution in [2.24, 2.45) is 23.7 Å². The molecule has 0 aromatic heterocycles. The number of carbonyl (C=O) groups is 2. The van der Waals surface area contributed by atoms with Crippen molar-refractivity contribution in [2.45, 2.75) is 31.3 Å². The fraction of sp³-hybridized carbons (Fsp3) is 0.846. The lowest BCUT2D eigenvalue weighted by atomic mass is 10.0. The first kappa shape index (κ1) is 11.9. The fourth-order valence-corrected chi connectivity index (χ4v) is 5.74. The van der Waals surface area contributed by atoms with E-state index >= 15 is 0 Å². The first-order valence-electron chi connectivity index (χ1n) is 7.04. The number of urea groups is 1. The van der Waals surface area contributed by atoms with Crippen LogP contribution in [0.4, 0.5) is 4.79 Å². The van der Waals surface area contributed by atoms with E-state index in [0.717, 1.165) is 11.8 Å². The van der Waals surface area contributed by atoms with Crippen molar-refractivity contribution < 1.29 is 14.7 Å². The van der Waals surface area contributed by atoms with Gasteiger partial charge in [-0.05, 0) is 42.9 Å². The quantitative estimate of drug-likeness (QED) is 0.798. The number of carbonyl (C=O) groups excluding carboxylic acids is 1. The SMILES string of the molecule is O=C(O)C1CSCN1C(=O)NC1C2C3CCC(C3)C12. The minimum atomic E-state index is -0.892. The molecule has 19 heavy (non-hydrogen) atoms. The summed E-state index contributed by atoms with van der Waals surface area (Å²) >= 11 is 1.51. The molecule has 0 aromatic carbocycles. The number of hydrogen-bond acceptors (Lipinski definition) is 3. The van der Waals surface area contributed by atoms with Gasteiger partial charge in [0.25, 0.3) is 0 Å². The van der Waals surface area contributed by atoms with Gasteiger partial charge in [0.1, 0.15) is 6.04 Å². The molecule has 1 aliphatic heterocycles. The number of hydrogen-bond donors (Lipinski definition) is 2. The van der Waals surface area contributed by atoms with Crippen LogP contribution in [0.5, 0.6) is 0 Å². The molecule has 2 N–H and O–H groups in total. The number of nitrogens with one attached hydrogen (secondary N) is 1. The molecule has 5 unspecified atom stereocenters. The third-order valence-electron chi connectivity index (χ3n) is 5.45. The van der Waals surface area contributed by atoms with Gasteiger partial charge < -0.3 is 15.3 Å². The summed E-state index contributed by atoms with van der Waals surface area (Å²) in [5.74, 6) is 3.15. The summed E-state index contributed by atoms with van der Waals surface area (Å²) in [4.78, 5) is 24.8. The average molecular weight is 282 g/mol. The van der Waals surface area contributed by atoms with Gasteiger partial charge in [-0.2, -0.15) is 0 Å². The highest BCUT2D eigenvalue weighted by Gasteiger charge is 2.65. The van der Waals surface area contributed by atoms with Crippen molar-refractivity contribution in [1.29, 1.82) is 0 Å². The Morgan fingerprint density at radius 1 is 1.21 bits per heavy atom. The van der Waals surface area contributed by atoms with Gasteiger partial charge in [0.05, 0.1) is 5.88 Å². The first-order chi connectivity index (χ1) is 9.16. The molecule has 5 nitrogen and oxygen atoms in total. The molecule has 4 fully saturated rings. The zero-order chi connectivity index (χ0) is 13.1. The molecule has 0 spiro atoms. The standard InChI is InChI=1S/C13H18N2O3S/c16-12(17)8-4-19-5-15(8)13(18)14-11-9-6-1-2-7(3-6)10(9)11/h6-11H,1-5H2,(H,14,18)(H,16,17). The first-order valence-corrected chi connectivity index (χ1v) is 8.20. The maximum atomic E-state index is 12.2. The van der Waals surface area contributed by atoms with Crippen LogP contribution in [0.25, 0.3) is 0 Å². The topological polar surface area (TPSA) is 69.6 Å². The van der Waals surface area contributed by atoms with Crippen molar-refractivity contribution in [3.8, 4) is 0 Å². The zero-order valence-corrected chi connectivity index (χ0v) is 11.4. The third kappa shape index (κ3) is 1.68. The van der Waals surface area contributed by atoms with Crippen LogP contribution in [0.15, 0.2) is 0 Å². The van der Waals surface area contributed by atoms with E-state index in [0.29, 0.717) is 29.5 Å². The Bertz CT molecular complexity index is 428. The highest BCUT2D eigenvalue weighted by molar-refractivity contribution is 7.99. The second-order valence-corrected chi connectivity index (χ2v) is 7.29. The molecule has 4 aliphatic rings. The maximum absolute atomic E-state index is 12.2. The van der Waals surface area contributed by atoms with Crippen molar-refractivity contribution in [3.63, 3.8) is 0 Å². The van der Waals surface area contributed by atoms with E-state index in [-0.39, 0.29) is 6.03 Å². The summed E-state index contributed by atoms with van der Waals surface area (Å²) in [6.45, 7) is 0. The number of nitrogens with zero attached hydrogens (tertiary/aromatic N) is 1. The molecule has 0 radical (unpaired) electrons. The smallest absolute Gasteiger partial charge is 0.327 e. The molecule has 4 rings (SSSR count). The Morgan fingerprint density at radius 2 is 1.89 bits per heavy atom. The van der Waals surface area contributed by atoms with Crippen LogP contribution in [0.2, 0.25) is 0 Å². The van der Waals surface area contributed by atoms with E-state index in [9.17, 15) is 9.59 Å². The Kier molecular flexibility index (Phi) is 2.53. The molecule has 3 aliphatic carbocycles. The highest BCUT2D eigenvalue weighted by atomic mass is 32.2. The van der Waals surface area contributed by atoms with E-state index in [2.05, 4.69) is 5.32 Å². The normalized spacial score (nSPS) is 46.2. The Labute approximate surface area is 116 Å². The van der Waals surface area contributed by atoms with Gasteiger partial charge in [-0.1, -0.05) is 0 Å². The molecular weight excluding hydrogens is 264 g/mol. The number of carboxylic acid groups (broad SMARTS) is 1. The Hall–Kier alpha value is -0.910. The number of carboxylic acids is 1. The molecule has 104 valence electrons. The van der Waals surface area contributed by atoms with Crippen molar-refractivity contribution >= 4 is 23.8 Å². The molecular formula is C13H18N2O3S. The number of thioether (sulfide) groups is 1. The van der Waals surface area contributed by atoms with Crippen molar-refractivity contribution in [3.05, 3.63) is 0 Å². The molecule has 0 aromatic rings. The zero-order valence-electron chi connectivity index (χ0n) is 10.6. The Morgan fingerprint density at radius 3 is 2.53 bits per heavy atom. The lowest BCUT2D eigenvalue weighted by Crippen LogP contribution is -2.48. The minimum Gasteiger partial charge on any atom is -0.480 e. The van der Waals surface area contributed by atoms with Crippen LogP contribution in [0.3, 0.4) is 0 Å². The lowest BCUT2D eigenvalue weighted by Gasteiger charge is -2.22. The van der Waals surface area contributed by atoms with Gasteiger partial charge in [-0.15, -0.1) is 11.8 Å². The second-order valence-electron chi connectivity index (χ2n) is 6.29. The van der Waals surface area contributed by atoms with Gasteiger partial charge >= 0.3 is 12.0 Å². The van der Waals surface area contributed by atoms with Gasteiger partial charge in [0.15, 0.2) is 0 Å². The monoisotopic (exact) mass is 282 g/mol. The van der Waals surface area contributed by atoms with E-state index in [1.54, 1.807) is 0 Å². The summed E-state index contributed by atoms with van der Waals surface area (Å²) in [6, 6.07) is -0.490.